The maximum absolute atomic E-state index is 6.16. The van der Waals surface area contributed by atoms with Crippen LogP contribution in [0, 0.1) is 6.92 Å². The number of hydrogen-bond acceptors (Lipinski definition) is 6. The van der Waals surface area contributed by atoms with E-state index in [-0.39, 0.29) is 0 Å². The van der Waals surface area contributed by atoms with Crippen molar-refractivity contribution in [2.75, 3.05) is 5.32 Å². The lowest BCUT2D eigenvalue weighted by molar-refractivity contribution is 0.475. The number of fused-ring (bicyclic) bond motifs is 1. The van der Waals surface area contributed by atoms with Crippen molar-refractivity contribution >= 4 is 51.6 Å². The van der Waals surface area contributed by atoms with Crippen LogP contribution in [0.2, 0.25) is 10.0 Å². The molecule has 98 valence electrons. The van der Waals surface area contributed by atoms with Crippen LogP contribution in [0.3, 0.4) is 0 Å². The van der Waals surface area contributed by atoms with Crippen molar-refractivity contribution in [1.29, 1.82) is 0 Å². The molecule has 0 spiro atoms. The lowest BCUT2D eigenvalue weighted by Crippen LogP contribution is -2.00. The van der Waals surface area contributed by atoms with Gasteiger partial charge in [-0.3, -0.25) is 0 Å². The van der Waals surface area contributed by atoms with Crippen LogP contribution >= 0.6 is 23.2 Å². The van der Waals surface area contributed by atoms with Gasteiger partial charge in [0, 0.05) is 6.92 Å². The van der Waals surface area contributed by atoms with Crippen molar-refractivity contribution in [1.82, 2.24) is 10.2 Å². The van der Waals surface area contributed by atoms with Crippen molar-refractivity contribution in [2.24, 2.45) is 8.73 Å². The first-order valence-electron chi connectivity index (χ1n) is 5.28. The van der Waals surface area contributed by atoms with Crippen molar-refractivity contribution < 1.29 is 4.42 Å². The van der Waals surface area contributed by atoms with Gasteiger partial charge in [0.25, 0.3) is 0 Å². The summed E-state index contributed by atoms with van der Waals surface area (Å²) < 4.78 is 13.6. The van der Waals surface area contributed by atoms with Crippen LogP contribution in [0.4, 0.5) is 17.1 Å². The predicted molar refractivity (Wildman–Crippen MR) is 74.4 cm³/mol. The summed E-state index contributed by atoms with van der Waals surface area (Å²) in [6.45, 7) is 2.09. The Morgan fingerprint density at radius 2 is 2.00 bits per heavy atom. The summed E-state index contributed by atoms with van der Waals surface area (Å²) in [6, 6.07) is 1.63. The van der Waals surface area contributed by atoms with Gasteiger partial charge >= 0.3 is 0 Å². The summed E-state index contributed by atoms with van der Waals surface area (Å²) in [5.41, 5.74) is 1.92. The zero-order chi connectivity index (χ0) is 13.4. The van der Waals surface area contributed by atoms with Crippen LogP contribution < -0.4 is 5.32 Å². The van der Waals surface area contributed by atoms with Gasteiger partial charge in [0.15, 0.2) is 0 Å². The highest BCUT2D eigenvalue weighted by Crippen LogP contribution is 2.47. The molecule has 0 saturated carbocycles. The lowest BCUT2D eigenvalue weighted by atomic mass is 10.2. The number of nitrogens with zero attached hydrogens (tertiary/aromatic N) is 4. The van der Waals surface area contributed by atoms with E-state index in [2.05, 4.69) is 24.2 Å². The average Bonchev–Trinajstić information content (AvgIpc) is 2.98. The van der Waals surface area contributed by atoms with Gasteiger partial charge in [-0.2, -0.15) is 8.73 Å². The minimum atomic E-state index is 0.356. The Bertz CT molecular complexity index is 723. The number of anilines is 1. The van der Waals surface area contributed by atoms with Gasteiger partial charge in [-0.1, -0.05) is 23.2 Å². The number of hydrogen-bond donors (Lipinski definition) is 1. The average molecular weight is 316 g/mol. The molecule has 0 atom stereocenters. The zero-order valence-corrected chi connectivity index (χ0v) is 12.0. The molecule has 2 aromatic rings. The third kappa shape index (κ3) is 2.36. The molecule has 0 saturated heterocycles. The van der Waals surface area contributed by atoms with Crippen LogP contribution in [0.1, 0.15) is 11.8 Å². The number of aryl methyl sites for hydroxylation is 1. The molecule has 1 aliphatic heterocycles. The molecule has 19 heavy (non-hydrogen) atoms. The molecule has 1 aromatic carbocycles. The molecule has 0 aliphatic carbocycles. The highest BCUT2D eigenvalue weighted by Gasteiger charge is 2.18. The summed E-state index contributed by atoms with van der Waals surface area (Å²) in [5.74, 6) is 0.985. The molecule has 1 aliphatic rings. The van der Waals surface area contributed by atoms with E-state index in [1.54, 1.807) is 13.0 Å². The maximum Gasteiger partial charge on any atom is 0.235 e. The van der Waals surface area contributed by atoms with Gasteiger partial charge in [-0.25, -0.2) is 0 Å². The molecule has 0 bridgehead atoms. The molecule has 3 rings (SSSR count). The smallest absolute Gasteiger partial charge is 0.235 e. The standard InChI is InChI=1S/C10H7Cl2N5OS/c1-4-14-15-7(18-4)3-13-8-5(11)2-6(12)9-10(8)17-19-16-9/h2,13H,3H2,1H3. The summed E-state index contributed by atoms with van der Waals surface area (Å²) in [6.07, 6.45) is 0. The second kappa shape index (κ2) is 4.92. The van der Waals surface area contributed by atoms with E-state index in [9.17, 15) is 0 Å². The SMILES string of the molecule is Cc1nnc(CNc2c(Cl)cc(Cl)c3c2N=S=N3)o1. The maximum atomic E-state index is 6.16. The Morgan fingerprint density at radius 1 is 1.21 bits per heavy atom. The van der Waals surface area contributed by atoms with Crippen molar-refractivity contribution in [2.45, 2.75) is 13.5 Å². The molecule has 0 fully saturated rings. The van der Waals surface area contributed by atoms with Gasteiger partial charge in [-0.15, -0.1) is 10.2 Å². The fourth-order valence-corrected chi connectivity index (χ4v) is 2.79. The summed E-state index contributed by atoms with van der Waals surface area (Å²) in [4.78, 5) is 0. The number of nitrogens with one attached hydrogen (secondary N) is 1. The van der Waals surface area contributed by atoms with E-state index in [0.29, 0.717) is 45.4 Å². The molecular formula is C10H7Cl2N5OS. The largest absolute Gasteiger partial charge is 0.424 e. The normalized spacial score (nSPS) is 12.4. The fourth-order valence-electron chi connectivity index (χ4n) is 1.62. The van der Waals surface area contributed by atoms with Crippen molar-refractivity contribution in [3.63, 3.8) is 0 Å². The van der Waals surface area contributed by atoms with Crippen LogP contribution in [0.25, 0.3) is 0 Å². The van der Waals surface area contributed by atoms with E-state index in [1.165, 1.54) is 0 Å². The predicted octanol–water partition coefficient (Wildman–Crippen LogP) is 4.02. The summed E-state index contributed by atoms with van der Waals surface area (Å²) >= 11 is 13.3. The van der Waals surface area contributed by atoms with Crippen LogP contribution in [-0.2, 0) is 17.9 Å². The Labute approximate surface area is 122 Å². The van der Waals surface area contributed by atoms with Gasteiger partial charge in [0.05, 0.1) is 33.6 Å². The van der Waals surface area contributed by atoms with E-state index in [0.717, 1.165) is 11.4 Å². The van der Waals surface area contributed by atoms with E-state index < -0.39 is 0 Å². The third-order valence-electron chi connectivity index (χ3n) is 2.43. The van der Waals surface area contributed by atoms with Crippen LogP contribution in [0.15, 0.2) is 19.2 Å². The second-order valence-electron chi connectivity index (χ2n) is 3.75. The molecule has 1 N–H and O–H groups in total. The quantitative estimate of drug-likeness (QED) is 0.791. The van der Waals surface area contributed by atoms with E-state index >= 15 is 0 Å². The Balaban J connectivity index is 1.90. The molecule has 0 unspecified atom stereocenters. The topological polar surface area (TPSA) is 75.7 Å². The van der Waals surface area contributed by atoms with Gasteiger partial charge in [0.1, 0.15) is 11.4 Å². The van der Waals surface area contributed by atoms with Gasteiger partial charge in [0.2, 0.25) is 11.8 Å². The summed E-state index contributed by atoms with van der Waals surface area (Å²) in [5, 5.41) is 11.7. The highest BCUT2D eigenvalue weighted by atomic mass is 35.5. The first kappa shape index (κ1) is 12.6. The fraction of sp³-hybridized carbons (Fsp3) is 0.200. The second-order valence-corrected chi connectivity index (χ2v) is 5.09. The Hall–Kier alpha value is -1.44. The minimum Gasteiger partial charge on any atom is -0.424 e. The molecule has 6 nitrogen and oxygen atoms in total. The molecule has 9 heteroatoms. The monoisotopic (exact) mass is 315 g/mol. The van der Waals surface area contributed by atoms with Crippen LogP contribution in [0.5, 0.6) is 0 Å². The molecule has 2 heterocycles. The Morgan fingerprint density at radius 3 is 2.74 bits per heavy atom. The number of aromatic nitrogens is 2. The van der Waals surface area contributed by atoms with Crippen molar-refractivity contribution in [3.05, 3.63) is 27.9 Å². The number of halogens is 2. The molecular weight excluding hydrogens is 309 g/mol. The van der Waals surface area contributed by atoms with Gasteiger partial charge in [-0.05, 0) is 6.07 Å². The Kier molecular flexibility index (Phi) is 3.26. The first-order chi connectivity index (χ1) is 9.15. The zero-order valence-electron chi connectivity index (χ0n) is 9.65. The summed E-state index contributed by atoms with van der Waals surface area (Å²) in [7, 11) is 0. The lowest BCUT2D eigenvalue weighted by Gasteiger charge is -2.10. The third-order valence-corrected chi connectivity index (χ3v) is 3.54. The van der Waals surface area contributed by atoms with E-state index in [1.807, 2.05) is 0 Å². The van der Waals surface area contributed by atoms with Crippen LogP contribution in [-0.4, -0.2) is 10.2 Å². The molecule has 1 aromatic heterocycles. The first-order valence-corrected chi connectivity index (χ1v) is 6.77. The molecule has 0 amide bonds. The highest BCUT2D eigenvalue weighted by molar-refractivity contribution is 7.58. The van der Waals surface area contributed by atoms with Crippen molar-refractivity contribution in [3.8, 4) is 0 Å². The number of benzene rings is 1. The number of rotatable bonds is 3. The van der Waals surface area contributed by atoms with Gasteiger partial charge < -0.3 is 9.73 Å². The minimum absolute atomic E-state index is 0.356. The van der Waals surface area contributed by atoms with E-state index in [4.69, 9.17) is 27.6 Å². The molecule has 0 radical (unpaired) electrons.